The van der Waals surface area contributed by atoms with Gasteiger partial charge in [0.15, 0.2) is 0 Å². The minimum atomic E-state index is 0.203. The van der Waals surface area contributed by atoms with Crippen molar-refractivity contribution < 1.29 is 4.79 Å². The zero-order chi connectivity index (χ0) is 12.5. The third kappa shape index (κ3) is 2.41. The van der Waals surface area contributed by atoms with Gasteiger partial charge in [-0.3, -0.25) is 4.79 Å². The summed E-state index contributed by atoms with van der Waals surface area (Å²) in [4.78, 5) is 18.9. The molecule has 0 aliphatic heterocycles. The van der Waals surface area contributed by atoms with Crippen molar-refractivity contribution in [3.05, 3.63) is 28.5 Å². The molecule has 2 aromatic rings. The zero-order valence-electron chi connectivity index (χ0n) is 9.87. The summed E-state index contributed by atoms with van der Waals surface area (Å²) in [5, 5.41) is 4.09. The van der Waals surface area contributed by atoms with E-state index < -0.39 is 0 Å². The Kier molecular flexibility index (Phi) is 3.07. The Labute approximate surface area is 113 Å². The first-order valence-electron chi connectivity index (χ1n) is 6.13. The van der Waals surface area contributed by atoms with Crippen LogP contribution < -0.4 is 5.32 Å². The molecule has 0 unspecified atom stereocenters. The lowest BCUT2D eigenvalue weighted by Gasteiger charge is -2.03. The fourth-order valence-electron chi connectivity index (χ4n) is 2.05. The van der Waals surface area contributed by atoms with Crippen molar-refractivity contribution in [1.29, 1.82) is 0 Å². The van der Waals surface area contributed by atoms with Gasteiger partial charge in [0.1, 0.15) is 5.65 Å². The summed E-state index contributed by atoms with van der Waals surface area (Å²) in [7, 11) is 0. The number of halogens is 1. The minimum absolute atomic E-state index is 0.203. The second-order valence-corrected chi connectivity index (χ2v) is 5.59. The summed E-state index contributed by atoms with van der Waals surface area (Å²) >= 11 is 3.42. The molecular formula is C13H14BrN3O. The van der Waals surface area contributed by atoms with Crippen molar-refractivity contribution in [3.8, 4) is 0 Å². The maximum atomic E-state index is 11.5. The van der Waals surface area contributed by atoms with Crippen LogP contribution in [-0.2, 0) is 11.2 Å². The van der Waals surface area contributed by atoms with Crippen LogP contribution in [0.2, 0.25) is 0 Å². The average molecular weight is 308 g/mol. The molecule has 0 atom stereocenters. The van der Waals surface area contributed by atoms with Gasteiger partial charge in [-0.15, -0.1) is 0 Å². The van der Waals surface area contributed by atoms with E-state index in [2.05, 4.69) is 37.3 Å². The van der Waals surface area contributed by atoms with E-state index in [1.165, 1.54) is 5.56 Å². The van der Waals surface area contributed by atoms with Crippen LogP contribution in [0.3, 0.4) is 0 Å². The quantitative estimate of drug-likeness (QED) is 0.911. The Balaban J connectivity index is 1.66. The number of carbonyl (C=O) groups excluding carboxylic acids is 1. The van der Waals surface area contributed by atoms with Crippen LogP contribution in [-0.4, -0.2) is 22.4 Å². The van der Waals surface area contributed by atoms with Crippen LogP contribution in [0.5, 0.6) is 0 Å². The van der Waals surface area contributed by atoms with Gasteiger partial charge in [-0.25, -0.2) is 4.98 Å². The monoisotopic (exact) mass is 307 g/mol. The second kappa shape index (κ2) is 4.72. The number of rotatable bonds is 4. The number of hydrogen-bond donors (Lipinski definition) is 2. The molecule has 1 aliphatic rings. The molecule has 2 heterocycles. The van der Waals surface area contributed by atoms with Crippen molar-refractivity contribution in [2.75, 3.05) is 6.54 Å². The van der Waals surface area contributed by atoms with E-state index in [1.54, 1.807) is 6.20 Å². The molecule has 0 saturated heterocycles. The molecular weight excluding hydrogens is 294 g/mol. The lowest BCUT2D eigenvalue weighted by Crippen LogP contribution is -2.26. The van der Waals surface area contributed by atoms with E-state index in [0.29, 0.717) is 6.54 Å². The van der Waals surface area contributed by atoms with Gasteiger partial charge in [0, 0.05) is 34.7 Å². The molecule has 4 nitrogen and oxygen atoms in total. The third-order valence-electron chi connectivity index (χ3n) is 3.23. The molecule has 0 bridgehead atoms. The van der Waals surface area contributed by atoms with Crippen molar-refractivity contribution in [3.63, 3.8) is 0 Å². The predicted octanol–water partition coefficient (Wildman–Crippen LogP) is 2.39. The van der Waals surface area contributed by atoms with E-state index in [-0.39, 0.29) is 11.8 Å². The number of fused-ring (bicyclic) bond motifs is 1. The summed E-state index contributed by atoms with van der Waals surface area (Å²) < 4.78 is 0.970. The van der Waals surface area contributed by atoms with E-state index in [4.69, 9.17) is 0 Å². The molecule has 2 aromatic heterocycles. The average Bonchev–Trinajstić information content (AvgIpc) is 3.13. The number of hydrogen-bond acceptors (Lipinski definition) is 2. The molecule has 0 spiro atoms. The molecule has 0 radical (unpaired) electrons. The molecule has 2 N–H and O–H groups in total. The van der Waals surface area contributed by atoms with E-state index in [1.807, 2.05) is 6.20 Å². The van der Waals surface area contributed by atoms with Crippen molar-refractivity contribution in [2.45, 2.75) is 19.3 Å². The first-order valence-corrected chi connectivity index (χ1v) is 6.92. The Morgan fingerprint density at radius 1 is 1.56 bits per heavy atom. The standard InChI is InChI=1S/C13H14BrN3O/c14-10-5-11-9(6-16-12(11)17-7-10)3-4-15-13(18)8-1-2-8/h5-8H,1-4H2,(H,15,18)(H,16,17). The molecule has 18 heavy (non-hydrogen) atoms. The van der Waals surface area contributed by atoms with E-state index in [9.17, 15) is 4.79 Å². The fourth-order valence-corrected chi connectivity index (χ4v) is 2.38. The third-order valence-corrected chi connectivity index (χ3v) is 3.66. The highest BCUT2D eigenvalue weighted by Crippen LogP contribution is 2.28. The maximum Gasteiger partial charge on any atom is 0.223 e. The van der Waals surface area contributed by atoms with Crippen LogP contribution in [0.25, 0.3) is 11.0 Å². The number of nitrogens with zero attached hydrogens (tertiary/aromatic N) is 1. The van der Waals surface area contributed by atoms with Crippen molar-refractivity contribution in [2.24, 2.45) is 5.92 Å². The summed E-state index contributed by atoms with van der Waals surface area (Å²) in [6.07, 6.45) is 6.67. The Hall–Kier alpha value is -1.36. The van der Waals surface area contributed by atoms with E-state index >= 15 is 0 Å². The molecule has 1 saturated carbocycles. The van der Waals surface area contributed by atoms with Gasteiger partial charge in [0.25, 0.3) is 0 Å². The molecule has 1 fully saturated rings. The fraction of sp³-hybridized carbons (Fsp3) is 0.385. The molecule has 0 aromatic carbocycles. The lowest BCUT2D eigenvalue weighted by atomic mass is 10.1. The number of pyridine rings is 1. The highest BCUT2D eigenvalue weighted by Gasteiger charge is 2.29. The number of aromatic amines is 1. The van der Waals surface area contributed by atoms with Gasteiger partial charge in [-0.2, -0.15) is 0 Å². The highest BCUT2D eigenvalue weighted by atomic mass is 79.9. The molecule has 1 amide bonds. The Bertz CT molecular complexity index is 589. The van der Waals surface area contributed by atoms with Crippen LogP contribution >= 0.6 is 15.9 Å². The minimum Gasteiger partial charge on any atom is -0.356 e. The molecule has 1 aliphatic carbocycles. The summed E-state index contributed by atoms with van der Waals surface area (Å²) in [5.74, 6) is 0.484. The number of nitrogens with one attached hydrogen (secondary N) is 2. The largest absolute Gasteiger partial charge is 0.356 e. The van der Waals surface area contributed by atoms with Gasteiger partial charge in [0.05, 0.1) is 0 Å². The summed E-state index contributed by atoms with van der Waals surface area (Å²) in [6.45, 7) is 0.689. The van der Waals surface area contributed by atoms with E-state index in [0.717, 1.165) is 34.8 Å². The van der Waals surface area contributed by atoms with Gasteiger partial charge >= 0.3 is 0 Å². The first-order chi connectivity index (χ1) is 8.74. The van der Waals surface area contributed by atoms with Crippen molar-refractivity contribution in [1.82, 2.24) is 15.3 Å². The number of amides is 1. The first kappa shape index (κ1) is 11.7. The summed E-state index contributed by atoms with van der Waals surface area (Å²) in [5.41, 5.74) is 2.08. The number of H-pyrrole nitrogens is 1. The van der Waals surface area contributed by atoms with Gasteiger partial charge in [0.2, 0.25) is 5.91 Å². The number of carbonyl (C=O) groups is 1. The Morgan fingerprint density at radius 3 is 3.17 bits per heavy atom. The molecule has 5 heteroatoms. The zero-order valence-corrected chi connectivity index (χ0v) is 11.5. The lowest BCUT2D eigenvalue weighted by molar-refractivity contribution is -0.122. The second-order valence-electron chi connectivity index (χ2n) is 4.68. The normalized spacial score (nSPS) is 14.9. The highest BCUT2D eigenvalue weighted by molar-refractivity contribution is 9.10. The topological polar surface area (TPSA) is 57.8 Å². The van der Waals surface area contributed by atoms with Crippen LogP contribution in [0.4, 0.5) is 0 Å². The van der Waals surface area contributed by atoms with Crippen LogP contribution in [0.1, 0.15) is 18.4 Å². The van der Waals surface area contributed by atoms with Gasteiger partial charge in [-0.1, -0.05) is 0 Å². The molecule has 94 valence electrons. The van der Waals surface area contributed by atoms with Crippen LogP contribution in [0, 0.1) is 5.92 Å². The smallest absolute Gasteiger partial charge is 0.223 e. The Morgan fingerprint density at radius 2 is 2.39 bits per heavy atom. The SMILES string of the molecule is O=C(NCCc1c[nH]c2ncc(Br)cc12)C1CC1. The summed E-state index contributed by atoms with van der Waals surface area (Å²) in [6, 6.07) is 2.05. The molecule has 3 rings (SSSR count). The van der Waals surface area contributed by atoms with Crippen LogP contribution in [0.15, 0.2) is 22.9 Å². The predicted molar refractivity (Wildman–Crippen MR) is 73.2 cm³/mol. The number of aromatic nitrogens is 2. The maximum absolute atomic E-state index is 11.5. The van der Waals surface area contributed by atoms with Gasteiger partial charge < -0.3 is 10.3 Å². The van der Waals surface area contributed by atoms with Crippen molar-refractivity contribution >= 4 is 32.9 Å². The van der Waals surface area contributed by atoms with Gasteiger partial charge in [-0.05, 0) is 46.8 Å².